The van der Waals surface area contributed by atoms with Gasteiger partial charge in [-0.3, -0.25) is 14.4 Å². The maximum atomic E-state index is 14.7. The molecule has 11 nitrogen and oxygen atoms in total. The van der Waals surface area contributed by atoms with Gasteiger partial charge in [0.15, 0.2) is 17.5 Å². The number of aliphatic hydroxyl groups excluding tert-OH is 1. The zero-order valence-electron chi connectivity index (χ0n) is 25.0. The SMILES string of the molecule is COC(=O)[C@H](O)[C@H]1C(C)(C)[C@@H](OC(=O)C(C)C)[C@]2(O)C(=O)[C@]1(C)[C@H]1CC[C@@]3(C)[C@@H](CC(=O)O[C@H]3c3ccoc3)[C@]13O[C@@H]23. The smallest absolute Gasteiger partial charge is 0.335 e. The molecule has 11 heteroatoms. The third-order valence-corrected chi connectivity index (χ3v) is 11.6. The highest BCUT2D eigenvalue weighted by Crippen LogP contribution is 2.78. The maximum absolute atomic E-state index is 14.7. The minimum Gasteiger partial charge on any atom is -0.472 e. The Balaban J connectivity index is 1.55. The molecule has 1 aromatic rings. The number of aliphatic hydroxyl groups is 2. The number of Topliss-reactive ketones (excluding diaryl/α,β-unsaturated/α-hetero) is 1. The van der Waals surface area contributed by atoms with Gasteiger partial charge in [0.05, 0.1) is 32.0 Å². The topological polar surface area (TPSA) is 162 Å². The number of ether oxygens (including phenoxy) is 4. The van der Waals surface area contributed by atoms with E-state index in [9.17, 15) is 29.4 Å². The van der Waals surface area contributed by atoms with Crippen LogP contribution in [0.4, 0.5) is 0 Å². The van der Waals surface area contributed by atoms with Gasteiger partial charge in [0.25, 0.3) is 0 Å². The summed E-state index contributed by atoms with van der Waals surface area (Å²) in [5, 5.41) is 24.1. The molecule has 1 aromatic heterocycles. The summed E-state index contributed by atoms with van der Waals surface area (Å²) in [4.78, 5) is 53.8. The van der Waals surface area contributed by atoms with E-state index in [-0.39, 0.29) is 6.42 Å². The van der Waals surface area contributed by atoms with Gasteiger partial charge in [-0.05, 0) is 18.9 Å². The molecule has 5 aliphatic rings. The highest BCUT2D eigenvalue weighted by molar-refractivity contribution is 5.99. The van der Waals surface area contributed by atoms with Crippen molar-refractivity contribution in [3.8, 4) is 0 Å². The summed E-state index contributed by atoms with van der Waals surface area (Å²) >= 11 is 0. The fourth-order valence-corrected chi connectivity index (χ4v) is 9.89. The first-order valence-corrected chi connectivity index (χ1v) is 14.7. The molecule has 0 amide bonds. The lowest BCUT2D eigenvalue weighted by molar-refractivity contribution is -0.261. The summed E-state index contributed by atoms with van der Waals surface area (Å²) in [5.41, 5.74) is -6.22. The second kappa shape index (κ2) is 8.89. The van der Waals surface area contributed by atoms with Gasteiger partial charge in [0.1, 0.15) is 23.9 Å². The Morgan fingerprint density at radius 3 is 2.38 bits per heavy atom. The summed E-state index contributed by atoms with van der Waals surface area (Å²) in [6.07, 6.45) is -0.922. The Morgan fingerprint density at radius 2 is 1.79 bits per heavy atom. The number of ketones is 1. The predicted octanol–water partition coefficient (Wildman–Crippen LogP) is 2.52. The molecule has 0 unspecified atom stereocenters. The maximum Gasteiger partial charge on any atom is 0.335 e. The van der Waals surface area contributed by atoms with Gasteiger partial charge in [0, 0.05) is 39.6 Å². The fraction of sp³-hybridized carbons (Fsp3) is 0.742. The average molecular weight is 589 g/mol. The molecule has 3 heterocycles. The van der Waals surface area contributed by atoms with Crippen LogP contribution >= 0.6 is 0 Å². The first-order chi connectivity index (χ1) is 19.5. The summed E-state index contributed by atoms with van der Waals surface area (Å²) in [7, 11) is 1.15. The Kier molecular flexibility index (Phi) is 6.20. The van der Waals surface area contributed by atoms with E-state index in [1.807, 2.05) is 6.92 Å². The van der Waals surface area contributed by atoms with Crippen LogP contribution in [-0.4, -0.2) is 70.5 Å². The molecular formula is C31H40O11. The average Bonchev–Trinajstić information content (AvgIpc) is 3.41. The third-order valence-electron chi connectivity index (χ3n) is 11.6. The van der Waals surface area contributed by atoms with Crippen LogP contribution in [0.2, 0.25) is 0 Å². The molecule has 5 fully saturated rings. The van der Waals surface area contributed by atoms with Crippen molar-refractivity contribution >= 4 is 23.7 Å². The van der Waals surface area contributed by atoms with E-state index in [4.69, 9.17) is 23.4 Å². The number of hydrogen-bond donors (Lipinski definition) is 2. The lowest BCUT2D eigenvalue weighted by Crippen LogP contribution is -2.81. The van der Waals surface area contributed by atoms with Gasteiger partial charge in [-0.2, -0.15) is 0 Å². The van der Waals surface area contributed by atoms with Gasteiger partial charge in [-0.15, -0.1) is 0 Å². The Hall–Kier alpha value is -2.76. The van der Waals surface area contributed by atoms with Crippen LogP contribution in [0.5, 0.6) is 0 Å². The van der Waals surface area contributed by atoms with Gasteiger partial charge >= 0.3 is 17.9 Å². The highest BCUT2D eigenvalue weighted by Gasteiger charge is 2.91. The van der Waals surface area contributed by atoms with E-state index < -0.39 is 99.2 Å². The number of epoxide rings is 1. The summed E-state index contributed by atoms with van der Waals surface area (Å²) in [6, 6.07) is 1.75. The van der Waals surface area contributed by atoms with Crippen molar-refractivity contribution in [2.45, 2.75) is 96.4 Å². The van der Waals surface area contributed by atoms with Crippen LogP contribution in [0.15, 0.2) is 23.0 Å². The van der Waals surface area contributed by atoms with Gasteiger partial charge in [-0.1, -0.05) is 41.5 Å². The molecule has 2 aliphatic heterocycles. The fourth-order valence-electron chi connectivity index (χ4n) is 9.89. The molecule has 1 spiro atoms. The molecule has 2 N–H and O–H groups in total. The number of furan rings is 1. The molecule has 2 bridgehead atoms. The number of carbonyl (C=O) groups is 4. The third kappa shape index (κ3) is 3.33. The van der Waals surface area contributed by atoms with Crippen molar-refractivity contribution in [2.24, 2.45) is 39.9 Å². The van der Waals surface area contributed by atoms with Crippen molar-refractivity contribution in [1.82, 2.24) is 0 Å². The lowest BCUT2D eigenvalue weighted by atomic mass is 9.36. The van der Waals surface area contributed by atoms with Gasteiger partial charge < -0.3 is 33.6 Å². The number of cyclic esters (lactones) is 1. The number of hydrogen-bond acceptors (Lipinski definition) is 11. The predicted molar refractivity (Wildman–Crippen MR) is 142 cm³/mol. The van der Waals surface area contributed by atoms with E-state index >= 15 is 0 Å². The standard InChI is InChI=1S/C31H40O11/c1-14(2)22(34)41-25-27(3,4)20(19(33)23(35)38-7)29(6)16-8-10-28(5)17(31(16)26(42-31)30(25,37)24(29)36)12-18(32)40-21(28)15-9-11-39-13-15/h9,11,13-14,16-17,19-21,25-26,33,37H,8,10,12H2,1-7H3/t16-,17-,19-,20+,21+,25-,26+,28+,29-,30-,31-/m1/s1. The summed E-state index contributed by atoms with van der Waals surface area (Å²) in [6.45, 7) is 10.3. The number of carbonyl (C=O) groups excluding carboxylic acids is 4. The molecule has 6 rings (SSSR count). The molecular weight excluding hydrogens is 548 g/mol. The van der Waals surface area contributed by atoms with Gasteiger partial charge in [-0.25, -0.2) is 4.79 Å². The second-order valence-electron chi connectivity index (χ2n) is 14.3. The molecule has 3 aliphatic carbocycles. The monoisotopic (exact) mass is 588 g/mol. The largest absolute Gasteiger partial charge is 0.472 e. The first kappa shape index (κ1) is 29.3. The van der Waals surface area contributed by atoms with E-state index in [1.54, 1.807) is 46.9 Å². The number of rotatable bonds is 5. The Bertz CT molecular complexity index is 1330. The highest BCUT2D eigenvalue weighted by atomic mass is 16.6. The molecule has 230 valence electrons. The number of esters is 3. The van der Waals surface area contributed by atoms with E-state index in [0.29, 0.717) is 18.4 Å². The summed E-state index contributed by atoms with van der Waals surface area (Å²) < 4.78 is 28.6. The number of fused-ring (bicyclic) bond motifs is 5. The molecule has 3 saturated carbocycles. The Morgan fingerprint density at radius 1 is 1.10 bits per heavy atom. The molecule has 42 heavy (non-hydrogen) atoms. The van der Waals surface area contributed by atoms with Crippen LogP contribution in [-0.2, 0) is 38.1 Å². The molecule has 0 aromatic carbocycles. The van der Waals surface area contributed by atoms with Gasteiger partial charge in [0.2, 0.25) is 0 Å². The number of methoxy groups -OCH3 is 1. The van der Waals surface area contributed by atoms with E-state index in [2.05, 4.69) is 0 Å². The summed E-state index contributed by atoms with van der Waals surface area (Å²) in [5.74, 6) is -5.42. The van der Waals surface area contributed by atoms with Crippen molar-refractivity contribution in [3.63, 3.8) is 0 Å². The molecule has 2 saturated heterocycles. The van der Waals surface area contributed by atoms with Crippen molar-refractivity contribution in [3.05, 3.63) is 24.2 Å². The molecule has 0 radical (unpaired) electrons. The minimum absolute atomic E-state index is 0.0116. The van der Waals surface area contributed by atoms with E-state index in [1.165, 1.54) is 6.26 Å². The van der Waals surface area contributed by atoms with E-state index in [0.717, 1.165) is 7.11 Å². The van der Waals surface area contributed by atoms with Crippen LogP contribution < -0.4 is 0 Å². The van der Waals surface area contributed by atoms with Crippen molar-refractivity contribution in [2.75, 3.05) is 7.11 Å². The zero-order valence-corrected chi connectivity index (χ0v) is 25.0. The van der Waals surface area contributed by atoms with Crippen LogP contribution in [0.1, 0.15) is 72.5 Å². The lowest BCUT2D eigenvalue weighted by Gasteiger charge is -2.67. The zero-order chi connectivity index (χ0) is 30.8. The first-order valence-electron chi connectivity index (χ1n) is 14.7. The second-order valence-corrected chi connectivity index (χ2v) is 14.3. The van der Waals surface area contributed by atoms with Crippen molar-refractivity contribution in [1.29, 1.82) is 0 Å². The molecule has 11 atom stereocenters. The van der Waals surface area contributed by atoms with Crippen LogP contribution in [0, 0.1) is 39.9 Å². The minimum atomic E-state index is -2.30. The quantitative estimate of drug-likeness (QED) is 0.295. The van der Waals surface area contributed by atoms with Crippen molar-refractivity contribution < 1.29 is 52.8 Å². The Labute approximate surface area is 244 Å². The van der Waals surface area contributed by atoms with Crippen LogP contribution in [0.25, 0.3) is 0 Å². The normalized spacial score (nSPS) is 45.6. The van der Waals surface area contributed by atoms with Crippen LogP contribution in [0.3, 0.4) is 0 Å².